The van der Waals surface area contributed by atoms with Gasteiger partial charge in [-0.05, 0) is 18.2 Å². The molecule has 0 unspecified atom stereocenters. The Morgan fingerprint density at radius 1 is 1.24 bits per heavy atom. The molecule has 0 aromatic heterocycles. The van der Waals surface area contributed by atoms with E-state index in [1.807, 2.05) is 0 Å². The van der Waals surface area contributed by atoms with Gasteiger partial charge in [-0.1, -0.05) is 0 Å². The lowest BCUT2D eigenvalue weighted by Gasteiger charge is -2.21. The van der Waals surface area contributed by atoms with Gasteiger partial charge in [0.15, 0.2) is 23.5 Å². The lowest BCUT2D eigenvalue weighted by Crippen LogP contribution is -2.27. The molecule has 0 spiro atoms. The molecule has 1 N–H and O–H groups in total. The van der Waals surface area contributed by atoms with Crippen molar-refractivity contribution >= 4 is 17.3 Å². The number of carboxylic acids is 1. The average Bonchev–Trinajstić information content (AvgIpc) is 3.02. The first-order chi connectivity index (χ1) is 12.0. The highest BCUT2D eigenvalue weighted by molar-refractivity contribution is 5.93. The maximum absolute atomic E-state index is 11.6. The summed E-state index contributed by atoms with van der Waals surface area (Å²) in [5.74, 6) is -0.972. The number of anilines is 1. The second-order valence-electron chi connectivity index (χ2n) is 5.13. The van der Waals surface area contributed by atoms with Crippen LogP contribution in [0.15, 0.2) is 30.3 Å². The van der Waals surface area contributed by atoms with Crippen molar-refractivity contribution in [1.82, 2.24) is 0 Å². The van der Waals surface area contributed by atoms with E-state index in [-0.39, 0.29) is 34.1 Å². The van der Waals surface area contributed by atoms with Gasteiger partial charge >= 0.3 is 0 Å². The molecule has 0 fully saturated rings. The first-order valence-electron chi connectivity index (χ1n) is 7.14. The van der Waals surface area contributed by atoms with E-state index in [1.165, 1.54) is 44.6 Å². The van der Waals surface area contributed by atoms with Gasteiger partial charge in [0.2, 0.25) is 0 Å². The minimum Gasteiger partial charge on any atom is -0.545 e. The Morgan fingerprint density at radius 3 is 2.60 bits per heavy atom. The van der Waals surface area contributed by atoms with E-state index in [1.54, 1.807) is 0 Å². The molecular formula is C16H13N2O7-. The van der Waals surface area contributed by atoms with Gasteiger partial charge < -0.3 is 29.4 Å². The summed E-state index contributed by atoms with van der Waals surface area (Å²) in [7, 11) is 2.70. The number of benzene rings is 2. The highest BCUT2D eigenvalue weighted by Gasteiger charge is 2.29. The summed E-state index contributed by atoms with van der Waals surface area (Å²) in [6.45, 7) is 0. The smallest absolute Gasteiger partial charge is 0.273 e. The number of fused-ring (bicyclic) bond motifs is 1. The minimum absolute atomic E-state index is 0.00679. The van der Waals surface area contributed by atoms with Gasteiger partial charge in [0, 0.05) is 11.6 Å². The van der Waals surface area contributed by atoms with Gasteiger partial charge in [0.1, 0.15) is 0 Å². The predicted octanol–water partition coefficient (Wildman–Crippen LogP) is 1.48. The van der Waals surface area contributed by atoms with Crippen LogP contribution >= 0.6 is 0 Å². The van der Waals surface area contributed by atoms with Crippen molar-refractivity contribution in [3.05, 3.63) is 51.6 Å². The second-order valence-corrected chi connectivity index (χ2v) is 5.13. The van der Waals surface area contributed by atoms with Crippen LogP contribution in [0.5, 0.6) is 17.2 Å². The molecule has 2 aromatic carbocycles. The standard InChI is InChI=1S/C16H14N2O7/c1-23-11-6-4-9(13(16(19)20)14(11)24-2)15-17-10-5-3-8(18(21)22)7-12(10)25-15/h3-7,15,17H,1-2H3,(H,19,20)/p-1/t15-/m0/s1. The number of ether oxygens (including phenoxy) is 3. The summed E-state index contributed by atoms with van der Waals surface area (Å²) in [6, 6.07) is 7.13. The van der Waals surface area contributed by atoms with Crippen LogP contribution in [0, 0.1) is 10.1 Å². The average molecular weight is 345 g/mol. The number of non-ortho nitro benzene ring substituents is 1. The number of nitrogens with one attached hydrogen (secondary N) is 1. The molecule has 1 atom stereocenters. The van der Waals surface area contributed by atoms with Crippen molar-refractivity contribution in [2.24, 2.45) is 0 Å². The van der Waals surface area contributed by atoms with E-state index < -0.39 is 17.1 Å². The monoisotopic (exact) mass is 345 g/mol. The number of carbonyl (C=O) groups is 1. The van der Waals surface area contributed by atoms with E-state index in [0.29, 0.717) is 5.69 Å². The third-order valence-electron chi connectivity index (χ3n) is 3.77. The first-order valence-corrected chi connectivity index (χ1v) is 7.14. The first kappa shape index (κ1) is 16.4. The van der Waals surface area contributed by atoms with Crippen molar-refractivity contribution in [2.45, 2.75) is 6.23 Å². The number of nitro benzene ring substituents is 1. The number of nitrogens with zero attached hydrogens (tertiary/aromatic N) is 1. The molecule has 130 valence electrons. The number of carbonyl (C=O) groups excluding carboxylic acids is 1. The summed E-state index contributed by atoms with van der Waals surface area (Å²) < 4.78 is 15.9. The Bertz CT molecular complexity index is 866. The topological polar surface area (TPSA) is 123 Å². The molecular weight excluding hydrogens is 332 g/mol. The number of methoxy groups -OCH3 is 2. The van der Waals surface area contributed by atoms with Crippen molar-refractivity contribution in [1.29, 1.82) is 0 Å². The van der Waals surface area contributed by atoms with E-state index in [0.717, 1.165) is 0 Å². The highest BCUT2D eigenvalue weighted by Crippen LogP contribution is 2.43. The van der Waals surface area contributed by atoms with Gasteiger partial charge in [0.05, 0.1) is 42.4 Å². The zero-order valence-electron chi connectivity index (χ0n) is 13.3. The summed E-state index contributed by atoms with van der Waals surface area (Å²) >= 11 is 0. The van der Waals surface area contributed by atoms with Crippen LogP contribution in [0.4, 0.5) is 11.4 Å². The van der Waals surface area contributed by atoms with Crippen LogP contribution in [0.3, 0.4) is 0 Å². The Labute approximate surface area is 141 Å². The SMILES string of the molecule is COc1ccc([C@H]2Nc3ccc([N+](=O)[O-])cc3O2)c(C(=O)[O-])c1OC. The largest absolute Gasteiger partial charge is 0.545 e. The molecule has 0 bridgehead atoms. The lowest BCUT2D eigenvalue weighted by molar-refractivity contribution is -0.384. The van der Waals surface area contributed by atoms with Crippen LogP contribution < -0.4 is 24.6 Å². The highest BCUT2D eigenvalue weighted by atomic mass is 16.6. The molecule has 1 aliphatic rings. The van der Waals surface area contributed by atoms with E-state index in [9.17, 15) is 20.0 Å². The van der Waals surface area contributed by atoms with E-state index >= 15 is 0 Å². The lowest BCUT2D eigenvalue weighted by atomic mass is 10.0. The Morgan fingerprint density at radius 2 is 2.00 bits per heavy atom. The van der Waals surface area contributed by atoms with Crippen molar-refractivity contribution in [2.75, 3.05) is 19.5 Å². The van der Waals surface area contributed by atoms with Gasteiger partial charge in [-0.3, -0.25) is 10.1 Å². The molecule has 0 amide bonds. The van der Waals surface area contributed by atoms with Crippen molar-refractivity contribution in [3.63, 3.8) is 0 Å². The fourth-order valence-electron chi connectivity index (χ4n) is 2.65. The Balaban J connectivity index is 2.03. The number of rotatable bonds is 5. The molecule has 0 aliphatic carbocycles. The quantitative estimate of drug-likeness (QED) is 0.638. The summed E-state index contributed by atoms with van der Waals surface area (Å²) in [5.41, 5.74) is 0.404. The Kier molecular flexibility index (Phi) is 4.05. The molecule has 1 aliphatic heterocycles. The van der Waals surface area contributed by atoms with Crippen LogP contribution in [-0.4, -0.2) is 25.1 Å². The van der Waals surface area contributed by atoms with Crippen molar-refractivity contribution in [3.8, 4) is 17.2 Å². The molecule has 9 nitrogen and oxygen atoms in total. The third kappa shape index (κ3) is 2.75. The summed E-state index contributed by atoms with van der Waals surface area (Å²) in [5, 5.41) is 25.5. The van der Waals surface area contributed by atoms with Gasteiger partial charge in [-0.2, -0.15) is 0 Å². The predicted molar refractivity (Wildman–Crippen MR) is 84.0 cm³/mol. The van der Waals surface area contributed by atoms with Gasteiger partial charge in [-0.15, -0.1) is 0 Å². The van der Waals surface area contributed by atoms with Crippen LogP contribution in [0.2, 0.25) is 0 Å². The fraction of sp³-hybridized carbons (Fsp3) is 0.188. The zero-order chi connectivity index (χ0) is 18.1. The Hall–Kier alpha value is -3.49. The molecule has 0 saturated heterocycles. The second kappa shape index (κ2) is 6.19. The summed E-state index contributed by atoms with van der Waals surface area (Å²) in [4.78, 5) is 21.9. The van der Waals surface area contributed by atoms with Crippen LogP contribution in [0.1, 0.15) is 22.1 Å². The molecule has 25 heavy (non-hydrogen) atoms. The molecule has 3 rings (SSSR count). The maximum atomic E-state index is 11.6. The number of nitro groups is 1. The zero-order valence-corrected chi connectivity index (χ0v) is 13.3. The van der Waals surface area contributed by atoms with Gasteiger partial charge in [0.25, 0.3) is 5.69 Å². The van der Waals surface area contributed by atoms with Crippen molar-refractivity contribution < 1.29 is 29.0 Å². The molecule has 2 aromatic rings. The van der Waals surface area contributed by atoms with E-state index in [2.05, 4.69) is 5.32 Å². The third-order valence-corrected chi connectivity index (χ3v) is 3.77. The van der Waals surface area contributed by atoms with Gasteiger partial charge in [-0.25, -0.2) is 0 Å². The van der Waals surface area contributed by atoms with Crippen LogP contribution in [0.25, 0.3) is 0 Å². The normalized spacial score (nSPS) is 14.9. The maximum Gasteiger partial charge on any atom is 0.273 e. The summed E-state index contributed by atoms with van der Waals surface area (Å²) in [6.07, 6.45) is -0.871. The van der Waals surface area contributed by atoms with Crippen LogP contribution in [-0.2, 0) is 0 Å². The molecule has 9 heteroatoms. The fourth-order valence-corrected chi connectivity index (χ4v) is 2.65. The number of aromatic carboxylic acids is 1. The number of hydrogen-bond donors (Lipinski definition) is 1. The minimum atomic E-state index is -1.46. The molecule has 1 heterocycles. The van der Waals surface area contributed by atoms with E-state index in [4.69, 9.17) is 14.2 Å². The molecule has 0 radical (unpaired) electrons. The molecule has 0 saturated carbocycles. The number of carboxylic acid groups (broad SMARTS) is 1. The number of hydrogen-bond acceptors (Lipinski definition) is 8.